The number of phosphoric acid groups is 1. The van der Waals surface area contributed by atoms with Crippen molar-refractivity contribution in [1.82, 2.24) is 0 Å². The van der Waals surface area contributed by atoms with Crippen LogP contribution in [0.2, 0.25) is 0 Å². The average Bonchev–Trinajstić information content (AvgIpc) is 3.22. The number of hydrogen-bond acceptors (Lipinski definition) is 10. The van der Waals surface area contributed by atoms with Crippen molar-refractivity contribution in [2.45, 2.75) is 154 Å². The number of allylic oxidation sites excluding steroid dienone is 18. The lowest BCUT2D eigenvalue weighted by Gasteiger charge is -2.20. The third kappa shape index (κ3) is 42.7. The van der Waals surface area contributed by atoms with E-state index in [1.807, 2.05) is 31.2 Å². The van der Waals surface area contributed by atoms with Gasteiger partial charge in [0.1, 0.15) is 12.7 Å². The molecule has 0 radical (unpaired) electrons. The normalized spacial score (nSPS) is 15.4. The highest BCUT2D eigenvalue weighted by Crippen LogP contribution is 2.43. The minimum atomic E-state index is -4.67. The van der Waals surface area contributed by atoms with Gasteiger partial charge in [-0.15, -0.1) is 0 Å². The van der Waals surface area contributed by atoms with Crippen LogP contribution in [0.1, 0.15) is 136 Å². The van der Waals surface area contributed by atoms with Gasteiger partial charge in [0.2, 0.25) is 0 Å². The van der Waals surface area contributed by atoms with Gasteiger partial charge in [-0.1, -0.05) is 129 Å². The molecule has 0 amide bonds. The summed E-state index contributed by atoms with van der Waals surface area (Å²) in [7, 11) is -4.67. The van der Waals surface area contributed by atoms with Crippen molar-refractivity contribution in [2.24, 2.45) is 0 Å². The predicted octanol–water partition coefficient (Wildman–Crippen LogP) is 10.7. The number of rotatable bonds is 39. The number of carbonyl (C=O) groups is 2. The van der Waals surface area contributed by atoms with Gasteiger partial charge in [-0.3, -0.25) is 18.6 Å². The third-order valence-electron chi connectivity index (χ3n) is 8.43. The smallest absolute Gasteiger partial charge is 0.462 e. The molecule has 0 aromatic rings. The largest absolute Gasteiger partial charge is 0.472 e. The summed E-state index contributed by atoms with van der Waals surface area (Å²) in [6, 6.07) is 0. The first-order valence-electron chi connectivity index (χ1n) is 21.9. The van der Waals surface area contributed by atoms with Crippen LogP contribution in [0, 0.1) is 0 Å². The van der Waals surface area contributed by atoms with Crippen LogP contribution in [0.5, 0.6) is 0 Å². The van der Waals surface area contributed by atoms with Crippen LogP contribution in [-0.4, -0.2) is 76.9 Å². The fraction of sp³-hybridized carbons (Fsp3) is 0.583. The fourth-order valence-corrected chi connectivity index (χ4v) is 5.83. The van der Waals surface area contributed by atoms with Crippen LogP contribution in [0.25, 0.3) is 0 Å². The molecule has 0 aliphatic carbocycles. The van der Waals surface area contributed by atoms with Crippen LogP contribution < -0.4 is 0 Å². The number of esters is 2. The lowest BCUT2D eigenvalue weighted by atomic mass is 10.1. The number of unbranched alkanes of at least 4 members (excludes halogenated alkanes) is 5. The molecule has 0 aliphatic heterocycles. The second kappa shape index (κ2) is 42.3. The van der Waals surface area contributed by atoms with E-state index in [-0.39, 0.29) is 25.6 Å². The molecule has 60 heavy (non-hydrogen) atoms. The van der Waals surface area contributed by atoms with Gasteiger partial charge in [-0.05, 0) is 103 Å². The second-order valence-electron chi connectivity index (χ2n) is 14.3. The van der Waals surface area contributed by atoms with E-state index in [1.54, 1.807) is 0 Å². The van der Waals surface area contributed by atoms with Crippen LogP contribution in [0.15, 0.2) is 109 Å². The van der Waals surface area contributed by atoms with Crippen LogP contribution in [-0.2, 0) is 32.7 Å². The first-order chi connectivity index (χ1) is 29.1. The molecule has 0 rings (SSSR count). The monoisotopic (exact) mass is 861 g/mol. The van der Waals surface area contributed by atoms with Gasteiger partial charge in [0, 0.05) is 12.8 Å². The summed E-state index contributed by atoms with van der Waals surface area (Å²) >= 11 is 0. The van der Waals surface area contributed by atoms with Crippen molar-refractivity contribution in [2.75, 3.05) is 26.4 Å². The molecule has 0 heterocycles. The Hall–Kier alpha value is -3.41. The molecule has 12 heteroatoms. The molecular weight excluding hydrogens is 783 g/mol. The minimum absolute atomic E-state index is 0.0359. The quantitative estimate of drug-likeness (QED) is 0.0201. The zero-order chi connectivity index (χ0) is 44.2. The Morgan fingerprint density at radius 2 is 0.983 bits per heavy atom. The number of aliphatic hydroxyl groups is 3. The molecule has 1 unspecified atom stereocenters. The predicted molar refractivity (Wildman–Crippen MR) is 243 cm³/mol. The van der Waals surface area contributed by atoms with Crippen molar-refractivity contribution in [3.63, 3.8) is 0 Å². The second-order valence-corrected chi connectivity index (χ2v) is 15.7. The summed E-state index contributed by atoms with van der Waals surface area (Å²) in [6.45, 7) is 1.72. The molecule has 0 saturated carbocycles. The Bertz CT molecular complexity index is 1370. The third-order valence-corrected chi connectivity index (χ3v) is 9.38. The highest BCUT2D eigenvalue weighted by molar-refractivity contribution is 7.47. The first-order valence-corrected chi connectivity index (χ1v) is 23.4. The summed E-state index contributed by atoms with van der Waals surface area (Å²) in [5.74, 6) is -1.12. The summed E-state index contributed by atoms with van der Waals surface area (Å²) in [5, 5.41) is 27.6. The minimum Gasteiger partial charge on any atom is -0.462 e. The van der Waals surface area contributed by atoms with Crippen molar-refractivity contribution < 1.29 is 52.9 Å². The summed E-state index contributed by atoms with van der Waals surface area (Å²) in [6.07, 6.45) is 50.6. The van der Waals surface area contributed by atoms with E-state index in [0.29, 0.717) is 25.7 Å². The Kier molecular flexibility index (Phi) is 39.9. The van der Waals surface area contributed by atoms with Gasteiger partial charge in [-0.2, -0.15) is 0 Å². The maximum Gasteiger partial charge on any atom is 0.472 e. The van der Waals surface area contributed by atoms with Gasteiger partial charge < -0.3 is 29.7 Å². The number of phosphoric ester groups is 1. The van der Waals surface area contributed by atoms with Crippen molar-refractivity contribution in [3.05, 3.63) is 109 Å². The molecule has 0 aromatic carbocycles. The Balaban J connectivity index is 4.54. The number of ether oxygens (including phenoxy) is 2. The maximum absolute atomic E-state index is 12.6. The summed E-state index contributed by atoms with van der Waals surface area (Å²) in [5.41, 5.74) is 0. The summed E-state index contributed by atoms with van der Waals surface area (Å²) in [4.78, 5) is 34.9. The Morgan fingerprint density at radius 3 is 1.45 bits per heavy atom. The van der Waals surface area contributed by atoms with Gasteiger partial charge in [0.05, 0.1) is 25.9 Å². The first kappa shape index (κ1) is 56.6. The number of aliphatic hydroxyl groups excluding tert-OH is 3. The molecule has 0 spiro atoms. The highest BCUT2D eigenvalue weighted by atomic mass is 31.2. The fourth-order valence-electron chi connectivity index (χ4n) is 5.04. The van der Waals surface area contributed by atoms with Crippen LogP contribution in [0.4, 0.5) is 0 Å². The molecule has 0 fully saturated rings. The van der Waals surface area contributed by atoms with Gasteiger partial charge in [0.25, 0.3) is 0 Å². The van der Waals surface area contributed by atoms with Crippen molar-refractivity contribution in [3.8, 4) is 0 Å². The van der Waals surface area contributed by atoms with Crippen LogP contribution in [0.3, 0.4) is 0 Å². The van der Waals surface area contributed by atoms with Crippen molar-refractivity contribution >= 4 is 19.8 Å². The molecular formula is C48H77O11P. The molecule has 0 saturated heterocycles. The molecule has 11 nitrogen and oxygen atoms in total. The number of carbonyl (C=O) groups excluding carboxylic acids is 2. The molecule has 340 valence electrons. The molecule has 4 atom stereocenters. The number of hydrogen-bond donors (Lipinski definition) is 4. The van der Waals surface area contributed by atoms with E-state index in [1.165, 1.54) is 19.3 Å². The molecule has 0 aliphatic rings. The topological polar surface area (TPSA) is 169 Å². The molecule has 4 N–H and O–H groups in total. The van der Waals surface area contributed by atoms with E-state index >= 15 is 0 Å². The maximum atomic E-state index is 12.6. The van der Waals surface area contributed by atoms with E-state index in [9.17, 15) is 29.3 Å². The van der Waals surface area contributed by atoms with Crippen LogP contribution >= 0.6 is 7.82 Å². The zero-order valence-corrected chi connectivity index (χ0v) is 37.4. The highest BCUT2D eigenvalue weighted by Gasteiger charge is 2.27. The molecule has 0 bridgehead atoms. The van der Waals surface area contributed by atoms with E-state index in [4.69, 9.17) is 19.1 Å². The van der Waals surface area contributed by atoms with Gasteiger partial charge >= 0.3 is 19.8 Å². The van der Waals surface area contributed by atoms with Crippen molar-refractivity contribution in [1.29, 1.82) is 0 Å². The average molecular weight is 861 g/mol. The van der Waals surface area contributed by atoms with E-state index in [0.717, 1.165) is 64.2 Å². The standard InChI is InChI=1S/C48H77O11P/c1-3-4-5-6-7-8-9-10-11-12-13-14-17-21-24-27-30-33-36-39-48(53)59-46(43-58-60(54,55)57-41-45(51)40-49)42-56-47(52)38-35-32-29-26-23-20-18-15-16-19-22-25-28-31-34-37-44(2)50/h7-8,10-11,13-14,16,18-21,24-26,28-30,33,44-46,49-51H,3-6,9,12,15,17,22-23,27,31-32,34-43H2,1-2H3,(H,54,55)/b8-7-,11-10-,14-13-,19-16-,20-18-,24-21-,28-25-,29-26-,33-30-/t44-,45+,46-/m1/s1. The SMILES string of the molecule is CCCCC/C=C\C/C=C\C/C=C\C/C=C\C/C=C\CCC(=O)O[C@H](COC(=O)CCC/C=C\C/C=C\C/C=C\C/C=C\CCC[C@@H](C)O)COP(=O)(O)OC[C@@H](O)CO. The Labute approximate surface area is 361 Å². The lowest BCUT2D eigenvalue weighted by Crippen LogP contribution is -2.29. The lowest BCUT2D eigenvalue weighted by molar-refractivity contribution is -0.161. The zero-order valence-electron chi connectivity index (χ0n) is 36.5. The summed E-state index contributed by atoms with van der Waals surface area (Å²) < 4.78 is 32.5. The van der Waals surface area contributed by atoms with E-state index < -0.39 is 51.8 Å². The Morgan fingerprint density at radius 1 is 0.550 bits per heavy atom. The van der Waals surface area contributed by atoms with E-state index in [2.05, 4.69) is 96.5 Å². The van der Waals surface area contributed by atoms with Gasteiger partial charge in [-0.25, -0.2) is 4.57 Å². The molecule has 0 aromatic heterocycles. The van der Waals surface area contributed by atoms with Gasteiger partial charge in [0.15, 0.2) is 6.10 Å².